The average Bonchev–Trinajstić information content (AvgIpc) is 3.43. The molecule has 1 saturated heterocycles. The largest absolute Gasteiger partial charge is 0.494 e. The van der Waals surface area contributed by atoms with Crippen LogP contribution in [0.3, 0.4) is 0 Å². The van der Waals surface area contributed by atoms with E-state index < -0.39 is 23.4 Å². The first-order chi connectivity index (χ1) is 18.4. The lowest BCUT2D eigenvalue weighted by atomic mass is 9.99. The van der Waals surface area contributed by atoms with E-state index in [1.807, 2.05) is 67.6 Å². The Labute approximate surface area is 221 Å². The highest BCUT2D eigenvalue weighted by Gasteiger charge is 2.34. The van der Waals surface area contributed by atoms with E-state index >= 15 is 0 Å². The van der Waals surface area contributed by atoms with E-state index in [0.29, 0.717) is 30.6 Å². The third-order valence-corrected chi connectivity index (χ3v) is 7.36. The molecule has 2 heterocycles. The summed E-state index contributed by atoms with van der Waals surface area (Å²) in [6, 6.07) is 23.5. The van der Waals surface area contributed by atoms with Gasteiger partial charge in [0.05, 0.1) is 6.04 Å². The van der Waals surface area contributed by atoms with Crippen LogP contribution in [0.4, 0.5) is 4.39 Å². The van der Waals surface area contributed by atoms with Gasteiger partial charge >= 0.3 is 0 Å². The molecule has 1 amide bonds. The van der Waals surface area contributed by atoms with Gasteiger partial charge in [-0.2, -0.15) is 4.98 Å². The molecule has 3 aromatic carbocycles. The van der Waals surface area contributed by atoms with E-state index in [-0.39, 0.29) is 23.1 Å². The minimum atomic E-state index is -0.799. The van der Waals surface area contributed by atoms with Gasteiger partial charge in [-0.25, -0.2) is 4.39 Å². The standard InChI is InChI=1S/C31H30FN3O3/c1-3-26(22-12-8-5-9-13-22)35-28(23-14-15-25(32)20(2)18-23)33-29(36)27(31(35)38)30(37)34-17-16-24(19-34)21-10-6-4-7-11-21/h4-15,18,24,26,38H,3,16-17,19H2,1-2H3/t24-,26-/m0/s1. The maximum atomic E-state index is 14.1. The summed E-state index contributed by atoms with van der Waals surface area (Å²) in [6.45, 7) is 4.52. The normalized spacial score (nSPS) is 16.0. The van der Waals surface area contributed by atoms with E-state index in [1.54, 1.807) is 22.5 Å². The molecular weight excluding hydrogens is 481 g/mol. The Morgan fingerprint density at radius 3 is 2.42 bits per heavy atom. The number of halogens is 1. The van der Waals surface area contributed by atoms with Crippen molar-refractivity contribution in [3.05, 3.63) is 117 Å². The maximum absolute atomic E-state index is 14.1. The van der Waals surface area contributed by atoms with Gasteiger partial charge < -0.3 is 10.0 Å². The molecule has 194 valence electrons. The number of benzene rings is 3. The van der Waals surface area contributed by atoms with E-state index in [0.717, 1.165) is 17.5 Å². The Bertz CT molecular complexity index is 1520. The van der Waals surface area contributed by atoms with E-state index in [1.165, 1.54) is 12.1 Å². The molecule has 7 heteroatoms. The number of carbonyl (C=O) groups is 1. The lowest BCUT2D eigenvalue weighted by molar-refractivity contribution is 0.0783. The van der Waals surface area contributed by atoms with Crippen LogP contribution in [0.5, 0.6) is 5.88 Å². The molecule has 0 radical (unpaired) electrons. The number of aromatic nitrogens is 2. The highest BCUT2D eigenvalue weighted by Crippen LogP contribution is 2.35. The second kappa shape index (κ2) is 10.6. The third-order valence-electron chi connectivity index (χ3n) is 7.36. The zero-order chi connectivity index (χ0) is 26.8. The summed E-state index contributed by atoms with van der Waals surface area (Å²) in [5.41, 5.74) is 1.76. The van der Waals surface area contributed by atoms with Crippen LogP contribution in [0.15, 0.2) is 83.7 Å². The van der Waals surface area contributed by atoms with Crippen molar-refractivity contribution in [2.24, 2.45) is 0 Å². The molecule has 1 aliphatic rings. The number of hydrogen-bond donors (Lipinski definition) is 1. The molecule has 0 spiro atoms. The molecule has 0 saturated carbocycles. The van der Waals surface area contributed by atoms with Gasteiger partial charge in [-0.1, -0.05) is 67.6 Å². The molecule has 1 aromatic heterocycles. The number of amides is 1. The van der Waals surface area contributed by atoms with E-state index in [4.69, 9.17) is 0 Å². The summed E-state index contributed by atoms with van der Waals surface area (Å²) in [4.78, 5) is 32.9. The van der Waals surface area contributed by atoms with Gasteiger partial charge in [0.2, 0.25) is 5.88 Å². The zero-order valence-corrected chi connectivity index (χ0v) is 21.5. The van der Waals surface area contributed by atoms with Crippen molar-refractivity contribution in [2.45, 2.75) is 38.6 Å². The summed E-state index contributed by atoms with van der Waals surface area (Å²) >= 11 is 0. The minimum Gasteiger partial charge on any atom is -0.494 e. The van der Waals surface area contributed by atoms with Crippen LogP contribution >= 0.6 is 0 Å². The molecule has 38 heavy (non-hydrogen) atoms. The second-order valence-electron chi connectivity index (χ2n) is 9.76. The van der Waals surface area contributed by atoms with Crippen LogP contribution in [0.2, 0.25) is 0 Å². The molecule has 0 aliphatic carbocycles. The fourth-order valence-electron chi connectivity index (χ4n) is 5.33. The summed E-state index contributed by atoms with van der Waals surface area (Å²) in [5, 5.41) is 11.6. The van der Waals surface area contributed by atoms with Gasteiger partial charge in [0, 0.05) is 24.6 Å². The highest BCUT2D eigenvalue weighted by atomic mass is 19.1. The van der Waals surface area contributed by atoms with Crippen molar-refractivity contribution in [3.8, 4) is 17.3 Å². The molecule has 6 nitrogen and oxygen atoms in total. The van der Waals surface area contributed by atoms with Crippen molar-refractivity contribution in [1.82, 2.24) is 14.5 Å². The quantitative estimate of drug-likeness (QED) is 0.361. The Morgan fingerprint density at radius 1 is 1.08 bits per heavy atom. The van der Waals surface area contributed by atoms with Crippen LogP contribution in [-0.4, -0.2) is 38.6 Å². The molecule has 2 atom stereocenters. The average molecular weight is 512 g/mol. The first kappa shape index (κ1) is 25.4. The smallest absolute Gasteiger partial charge is 0.290 e. The number of carbonyl (C=O) groups excluding carboxylic acids is 1. The van der Waals surface area contributed by atoms with Crippen LogP contribution in [0, 0.1) is 12.7 Å². The lowest BCUT2D eigenvalue weighted by Crippen LogP contribution is -2.35. The van der Waals surface area contributed by atoms with Crippen molar-refractivity contribution in [2.75, 3.05) is 13.1 Å². The fourth-order valence-corrected chi connectivity index (χ4v) is 5.33. The second-order valence-corrected chi connectivity index (χ2v) is 9.76. The number of nitrogens with zero attached hydrogens (tertiary/aromatic N) is 3. The van der Waals surface area contributed by atoms with Crippen molar-refractivity contribution < 1.29 is 14.3 Å². The Morgan fingerprint density at radius 2 is 1.76 bits per heavy atom. The minimum absolute atomic E-state index is 0.159. The van der Waals surface area contributed by atoms with E-state index in [2.05, 4.69) is 4.98 Å². The summed E-state index contributed by atoms with van der Waals surface area (Å²) in [6.07, 6.45) is 1.33. The van der Waals surface area contributed by atoms with Gasteiger partial charge in [0.25, 0.3) is 11.5 Å². The first-order valence-electron chi connectivity index (χ1n) is 12.9. The monoisotopic (exact) mass is 511 g/mol. The van der Waals surface area contributed by atoms with Crippen LogP contribution < -0.4 is 5.56 Å². The molecule has 0 bridgehead atoms. The molecule has 1 N–H and O–H groups in total. The Balaban J connectivity index is 1.62. The SMILES string of the molecule is CC[C@@H](c1ccccc1)n1c(-c2ccc(F)c(C)c2)nc(=O)c(C(=O)N2CC[C@H](c3ccccc3)C2)c1O. The van der Waals surface area contributed by atoms with Gasteiger partial charge in [0.1, 0.15) is 11.6 Å². The van der Waals surface area contributed by atoms with Gasteiger partial charge in [-0.15, -0.1) is 0 Å². The molecular formula is C31H30FN3O3. The van der Waals surface area contributed by atoms with Crippen LogP contribution in [-0.2, 0) is 0 Å². The highest BCUT2D eigenvalue weighted by molar-refractivity contribution is 5.96. The summed E-state index contributed by atoms with van der Waals surface area (Å²) in [5.74, 6) is -0.989. The predicted molar refractivity (Wildman–Crippen MR) is 145 cm³/mol. The Hall–Kier alpha value is -4.26. The number of hydrogen-bond acceptors (Lipinski definition) is 4. The first-order valence-corrected chi connectivity index (χ1v) is 12.9. The predicted octanol–water partition coefficient (Wildman–Crippen LogP) is 5.69. The fraction of sp³-hybridized carbons (Fsp3) is 0.258. The maximum Gasteiger partial charge on any atom is 0.290 e. The van der Waals surface area contributed by atoms with Crippen molar-refractivity contribution in [1.29, 1.82) is 0 Å². The Kier molecular flexibility index (Phi) is 7.09. The molecule has 5 rings (SSSR count). The molecule has 1 aliphatic heterocycles. The number of aromatic hydroxyl groups is 1. The molecule has 0 unspecified atom stereocenters. The van der Waals surface area contributed by atoms with Crippen LogP contribution in [0.1, 0.15) is 58.8 Å². The van der Waals surface area contributed by atoms with Crippen molar-refractivity contribution in [3.63, 3.8) is 0 Å². The van der Waals surface area contributed by atoms with E-state index in [9.17, 15) is 19.1 Å². The van der Waals surface area contributed by atoms with Gasteiger partial charge in [0.15, 0.2) is 5.56 Å². The summed E-state index contributed by atoms with van der Waals surface area (Å²) in [7, 11) is 0. The number of likely N-dealkylation sites (tertiary alicyclic amines) is 1. The zero-order valence-electron chi connectivity index (χ0n) is 21.5. The van der Waals surface area contributed by atoms with Crippen molar-refractivity contribution >= 4 is 5.91 Å². The lowest BCUT2D eigenvalue weighted by Gasteiger charge is -2.26. The molecule has 4 aromatic rings. The van der Waals surface area contributed by atoms with Gasteiger partial charge in [-0.05, 0) is 54.7 Å². The van der Waals surface area contributed by atoms with Gasteiger partial charge in [-0.3, -0.25) is 14.2 Å². The third kappa shape index (κ3) is 4.72. The van der Waals surface area contributed by atoms with Crippen LogP contribution in [0.25, 0.3) is 11.4 Å². The number of rotatable bonds is 6. The summed E-state index contributed by atoms with van der Waals surface area (Å²) < 4.78 is 15.6. The topological polar surface area (TPSA) is 75.4 Å². The number of aryl methyl sites for hydroxylation is 1. The molecule has 1 fully saturated rings.